The molecule has 0 aliphatic carbocycles. The summed E-state index contributed by atoms with van der Waals surface area (Å²) in [6.45, 7) is 1.33. The molecule has 0 saturated carbocycles. The Bertz CT molecular complexity index is 901. The molecular formula is C18H16BrN3OS. The number of hydrogen-bond donors (Lipinski definition) is 0. The van der Waals surface area contributed by atoms with E-state index in [1.54, 1.807) is 0 Å². The smallest absolute Gasteiger partial charge is 0.264 e. The van der Waals surface area contributed by atoms with Crippen LogP contribution in [0.5, 0.6) is 0 Å². The van der Waals surface area contributed by atoms with E-state index in [9.17, 15) is 4.79 Å². The van der Waals surface area contributed by atoms with Crippen LogP contribution in [0.4, 0.5) is 0 Å². The molecule has 122 valence electrons. The molecule has 6 heteroatoms. The molecule has 0 N–H and O–H groups in total. The topological polar surface area (TPSA) is 38.1 Å². The number of rotatable bonds is 2. The first kappa shape index (κ1) is 15.6. The Labute approximate surface area is 152 Å². The molecule has 1 aliphatic heterocycles. The number of benzene rings is 1. The Hall–Kier alpha value is -1.92. The van der Waals surface area contributed by atoms with E-state index >= 15 is 0 Å². The largest absolute Gasteiger partial charge is 0.333 e. The van der Waals surface area contributed by atoms with Gasteiger partial charge in [0.1, 0.15) is 0 Å². The van der Waals surface area contributed by atoms with Crippen LogP contribution in [-0.4, -0.2) is 27.1 Å². The number of carbonyl (C=O) groups is 1. The Morgan fingerprint density at radius 3 is 2.92 bits per heavy atom. The molecule has 1 amide bonds. The molecule has 4 nitrogen and oxygen atoms in total. The zero-order chi connectivity index (χ0) is 16.7. The van der Waals surface area contributed by atoms with Crippen molar-refractivity contribution < 1.29 is 4.79 Å². The number of aryl methyl sites for hydroxylation is 1. The molecule has 1 unspecified atom stereocenters. The number of hydrogen-bond acceptors (Lipinski definition) is 3. The van der Waals surface area contributed by atoms with E-state index in [1.165, 1.54) is 22.5 Å². The van der Waals surface area contributed by atoms with Gasteiger partial charge in [0.2, 0.25) is 0 Å². The average molecular weight is 402 g/mol. The SMILES string of the molecule is Cn1cc(C2CN(C(=O)c3cc(Br)cs3)Cc3ccccc32)cn1. The van der Waals surface area contributed by atoms with Crippen molar-refractivity contribution in [3.8, 4) is 0 Å². The molecule has 3 heterocycles. The van der Waals surface area contributed by atoms with Crippen molar-refractivity contribution in [2.45, 2.75) is 12.5 Å². The van der Waals surface area contributed by atoms with Gasteiger partial charge < -0.3 is 4.90 Å². The van der Waals surface area contributed by atoms with Crippen LogP contribution in [0.2, 0.25) is 0 Å². The van der Waals surface area contributed by atoms with Crippen molar-refractivity contribution in [1.29, 1.82) is 0 Å². The first-order valence-electron chi connectivity index (χ1n) is 7.71. The molecule has 3 aromatic rings. The van der Waals surface area contributed by atoms with Gasteiger partial charge in [0.05, 0.1) is 11.1 Å². The summed E-state index contributed by atoms with van der Waals surface area (Å²) in [6, 6.07) is 10.3. The molecule has 4 rings (SSSR count). The van der Waals surface area contributed by atoms with E-state index in [4.69, 9.17) is 0 Å². The maximum absolute atomic E-state index is 12.9. The van der Waals surface area contributed by atoms with Gasteiger partial charge >= 0.3 is 0 Å². The highest BCUT2D eigenvalue weighted by Gasteiger charge is 2.30. The Kier molecular flexibility index (Phi) is 4.02. The summed E-state index contributed by atoms with van der Waals surface area (Å²) in [4.78, 5) is 15.6. The lowest BCUT2D eigenvalue weighted by atomic mass is 9.86. The molecule has 0 fully saturated rings. The van der Waals surface area contributed by atoms with Gasteiger partial charge in [-0.25, -0.2) is 0 Å². The first-order valence-corrected chi connectivity index (χ1v) is 9.39. The zero-order valence-electron chi connectivity index (χ0n) is 13.1. The highest BCUT2D eigenvalue weighted by molar-refractivity contribution is 9.10. The van der Waals surface area contributed by atoms with Crippen molar-refractivity contribution in [2.75, 3.05) is 6.54 Å². The highest BCUT2D eigenvalue weighted by Crippen LogP contribution is 2.34. The lowest BCUT2D eigenvalue weighted by Crippen LogP contribution is -2.38. The highest BCUT2D eigenvalue weighted by atomic mass is 79.9. The summed E-state index contributed by atoms with van der Waals surface area (Å²) in [5.74, 6) is 0.255. The molecule has 0 radical (unpaired) electrons. The van der Waals surface area contributed by atoms with E-state index in [0.717, 1.165) is 14.9 Å². The van der Waals surface area contributed by atoms with Crippen molar-refractivity contribution in [2.24, 2.45) is 7.05 Å². The van der Waals surface area contributed by atoms with Gasteiger partial charge in [0.25, 0.3) is 5.91 Å². The second kappa shape index (κ2) is 6.18. The minimum absolute atomic E-state index is 0.0918. The number of halogens is 1. The number of thiophene rings is 1. The summed E-state index contributed by atoms with van der Waals surface area (Å²) in [5.41, 5.74) is 3.65. The average Bonchev–Trinajstić information content (AvgIpc) is 3.21. The first-order chi connectivity index (χ1) is 11.6. The van der Waals surface area contributed by atoms with Crippen LogP contribution in [-0.2, 0) is 13.6 Å². The van der Waals surface area contributed by atoms with Gasteiger partial charge in [-0.05, 0) is 38.7 Å². The van der Waals surface area contributed by atoms with E-state index in [2.05, 4.69) is 39.2 Å². The molecule has 1 atom stereocenters. The number of nitrogens with zero attached hydrogens (tertiary/aromatic N) is 3. The van der Waals surface area contributed by atoms with Gasteiger partial charge in [0, 0.05) is 42.1 Å². The maximum atomic E-state index is 12.9. The zero-order valence-corrected chi connectivity index (χ0v) is 15.5. The summed E-state index contributed by atoms with van der Waals surface area (Å²) in [6.07, 6.45) is 3.94. The fraction of sp³-hybridized carbons (Fsp3) is 0.222. The van der Waals surface area contributed by atoms with Crippen LogP contribution in [0, 0.1) is 0 Å². The number of aromatic nitrogens is 2. The van der Waals surface area contributed by atoms with Crippen LogP contribution in [0.15, 0.2) is 52.6 Å². The predicted octanol–water partition coefficient (Wildman–Crippen LogP) is 4.03. The second-order valence-electron chi connectivity index (χ2n) is 6.01. The molecule has 0 spiro atoms. The van der Waals surface area contributed by atoms with E-state index < -0.39 is 0 Å². The van der Waals surface area contributed by atoms with E-state index in [0.29, 0.717) is 13.1 Å². The van der Waals surface area contributed by atoms with Crippen molar-refractivity contribution >= 4 is 33.2 Å². The Morgan fingerprint density at radius 1 is 1.38 bits per heavy atom. The van der Waals surface area contributed by atoms with E-state index in [-0.39, 0.29) is 11.8 Å². The Balaban J connectivity index is 1.71. The maximum Gasteiger partial charge on any atom is 0.264 e. The number of carbonyl (C=O) groups excluding carboxylic acids is 1. The fourth-order valence-corrected chi connectivity index (χ4v) is 4.64. The lowest BCUT2D eigenvalue weighted by molar-refractivity contribution is 0.0730. The molecule has 0 bridgehead atoms. The third-order valence-corrected chi connectivity index (χ3v) is 6.07. The number of amides is 1. The normalized spacial score (nSPS) is 16.9. The monoisotopic (exact) mass is 401 g/mol. The molecule has 2 aromatic heterocycles. The predicted molar refractivity (Wildman–Crippen MR) is 98.3 cm³/mol. The quantitative estimate of drug-likeness (QED) is 0.649. The standard InChI is InChI=1S/C18H16BrN3OS/c1-21-8-13(7-20-21)16-10-22(9-12-4-2-3-5-15(12)16)18(23)17-6-14(19)11-24-17/h2-8,11,16H,9-10H2,1H3. The molecule has 1 aromatic carbocycles. The summed E-state index contributed by atoms with van der Waals surface area (Å²) in [7, 11) is 1.92. The van der Waals surface area contributed by atoms with Crippen LogP contribution in [0.3, 0.4) is 0 Å². The summed E-state index contributed by atoms with van der Waals surface area (Å²) >= 11 is 4.91. The minimum Gasteiger partial charge on any atom is -0.333 e. The van der Waals surface area contributed by atoms with Crippen LogP contribution in [0.25, 0.3) is 0 Å². The molecule has 24 heavy (non-hydrogen) atoms. The Morgan fingerprint density at radius 2 is 2.21 bits per heavy atom. The van der Waals surface area contributed by atoms with Crippen LogP contribution in [0.1, 0.15) is 32.3 Å². The fourth-order valence-electron chi connectivity index (χ4n) is 3.25. The van der Waals surface area contributed by atoms with Gasteiger partial charge in [0.15, 0.2) is 0 Å². The minimum atomic E-state index is 0.0918. The van der Waals surface area contributed by atoms with Crippen molar-refractivity contribution in [3.63, 3.8) is 0 Å². The summed E-state index contributed by atoms with van der Waals surface area (Å²) in [5, 5.41) is 6.25. The second-order valence-corrected chi connectivity index (χ2v) is 7.84. The van der Waals surface area contributed by atoms with Gasteiger partial charge in [-0.15, -0.1) is 11.3 Å². The third kappa shape index (κ3) is 2.80. The third-order valence-electron chi connectivity index (χ3n) is 4.39. The van der Waals surface area contributed by atoms with Gasteiger partial charge in [-0.1, -0.05) is 24.3 Å². The number of fused-ring (bicyclic) bond motifs is 1. The molecule has 1 aliphatic rings. The van der Waals surface area contributed by atoms with E-state index in [1.807, 2.05) is 46.5 Å². The van der Waals surface area contributed by atoms with Crippen LogP contribution >= 0.6 is 27.3 Å². The van der Waals surface area contributed by atoms with Crippen molar-refractivity contribution in [1.82, 2.24) is 14.7 Å². The van der Waals surface area contributed by atoms with Gasteiger partial charge in [-0.3, -0.25) is 9.48 Å². The van der Waals surface area contributed by atoms with Gasteiger partial charge in [-0.2, -0.15) is 5.10 Å². The summed E-state index contributed by atoms with van der Waals surface area (Å²) < 4.78 is 2.77. The van der Waals surface area contributed by atoms with Crippen molar-refractivity contribution in [3.05, 3.63) is 74.1 Å². The molecule has 0 saturated heterocycles. The lowest BCUT2D eigenvalue weighted by Gasteiger charge is -2.34. The molecular weight excluding hydrogens is 386 g/mol. The van der Waals surface area contributed by atoms with Crippen LogP contribution < -0.4 is 0 Å².